The van der Waals surface area contributed by atoms with Crippen LogP contribution >= 0.6 is 0 Å². The summed E-state index contributed by atoms with van der Waals surface area (Å²) in [4.78, 5) is 12.9. The van der Waals surface area contributed by atoms with Crippen molar-refractivity contribution >= 4 is 11.8 Å². The van der Waals surface area contributed by atoms with Crippen LogP contribution in [0.1, 0.15) is 12.8 Å². The van der Waals surface area contributed by atoms with Crippen molar-refractivity contribution in [3.8, 4) is 0 Å². The summed E-state index contributed by atoms with van der Waals surface area (Å²) in [7, 11) is 2.00. The van der Waals surface area contributed by atoms with E-state index in [4.69, 9.17) is 5.73 Å². The molecule has 2 heterocycles. The highest BCUT2D eigenvalue weighted by molar-refractivity contribution is 5.36. The lowest BCUT2D eigenvalue weighted by Crippen LogP contribution is -2.32. The van der Waals surface area contributed by atoms with Crippen LogP contribution in [0.4, 0.5) is 11.8 Å². The third kappa shape index (κ3) is 2.82. The average molecular weight is 221 g/mol. The monoisotopic (exact) mass is 221 g/mol. The Kier molecular flexibility index (Phi) is 3.56. The number of anilines is 2. The maximum Gasteiger partial charge on any atom is 0.227 e. The van der Waals surface area contributed by atoms with Crippen LogP contribution in [0.2, 0.25) is 0 Å². The fourth-order valence-electron chi connectivity index (χ4n) is 1.94. The fourth-order valence-corrected chi connectivity index (χ4v) is 1.94. The molecule has 1 aromatic heterocycles. The molecule has 1 aliphatic rings. The summed E-state index contributed by atoms with van der Waals surface area (Å²) in [5, 5.41) is 0. The lowest BCUT2D eigenvalue weighted by atomic mass is 10.4. The third-order valence-electron chi connectivity index (χ3n) is 2.96. The van der Waals surface area contributed by atoms with Crippen molar-refractivity contribution in [3.63, 3.8) is 0 Å². The van der Waals surface area contributed by atoms with Gasteiger partial charge in [-0.1, -0.05) is 0 Å². The molecule has 0 aliphatic carbocycles. The van der Waals surface area contributed by atoms with Crippen LogP contribution in [0.5, 0.6) is 0 Å². The number of nitrogens with two attached hydrogens (primary N) is 1. The second-order valence-electron chi connectivity index (χ2n) is 4.25. The average Bonchev–Trinajstić information content (AvgIpc) is 2.78. The van der Waals surface area contributed by atoms with E-state index in [1.165, 1.54) is 25.9 Å². The number of aromatic nitrogens is 2. The van der Waals surface area contributed by atoms with E-state index in [9.17, 15) is 0 Å². The van der Waals surface area contributed by atoms with Gasteiger partial charge in [0.25, 0.3) is 0 Å². The van der Waals surface area contributed by atoms with E-state index in [1.54, 1.807) is 12.3 Å². The van der Waals surface area contributed by atoms with Crippen molar-refractivity contribution in [2.24, 2.45) is 0 Å². The van der Waals surface area contributed by atoms with Crippen molar-refractivity contribution < 1.29 is 0 Å². The first-order chi connectivity index (χ1) is 7.75. The Morgan fingerprint density at radius 2 is 2.19 bits per heavy atom. The molecule has 2 rings (SSSR count). The molecule has 0 bridgehead atoms. The van der Waals surface area contributed by atoms with Crippen molar-refractivity contribution in [2.75, 3.05) is 43.9 Å². The summed E-state index contributed by atoms with van der Waals surface area (Å²) in [5.74, 6) is 1.23. The number of likely N-dealkylation sites (tertiary alicyclic amines) is 1. The summed E-state index contributed by atoms with van der Waals surface area (Å²) >= 11 is 0. The van der Waals surface area contributed by atoms with Crippen LogP contribution in [0.15, 0.2) is 12.3 Å². The van der Waals surface area contributed by atoms with E-state index in [-0.39, 0.29) is 0 Å². The SMILES string of the molecule is CN(CCN1CCCC1)c1nccc(N)n1. The van der Waals surface area contributed by atoms with Crippen LogP contribution in [0.25, 0.3) is 0 Å². The van der Waals surface area contributed by atoms with Crippen molar-refractivity contribution in [3.05, 3.63) is 12.3 Å². The van der Waals surface area contributed by atoms with Gasteiger partial charge in [-0.25, -0.2) is 4.98 Å². The molecule has 5 nitrogen and oxygen atoms in total. The van der Waals surface area contributed by atoms with E-state index in [2.05, 4.69) is 19.8 Å². The molecule has 0 radical (unpaired) electrons. The molecular weight excluding hydrogens is 202 g/mol. The Bertz CT molecular complexity index is 335. The number of hydrogen-bond donors (Lipinski definition) is 1. The fraction of sp³-hybridized carbons (Fsp3) is 0.636. The first-order valence-electron chi connectivity index (χ1n) is 5.78. The molecular formula is C11H19N5. The van der Waals surface area contributed by atoms with Crippen LogP contribution in [-0.2, 0) is 0 Å². The minimum Gasteiger partial charge on any atom is -0.384 e. The molecule has 0 amide bonds. The summed E-state index contributed by atoms with van der Waals surface area (Å²) in [6.07, 6.45) is 4.36. The van der Waals surface area contributed by atoms with Gasteiger partial charge in [-0.05, 0) is 32.0 Å². The maximum absolute atomic E-state index is 5.63. The van der Waals surface area contributed by atoms with Gasteiger partial charge in [0.2, 0.25) is 5.95 Å². The zero-order chi connectivity index (χ0) is 11.4. The molecule has 5 heteroatoms. The Morgan fingerprint density at radius 3 is 2.88 bits per heavy atom. The molecule has 0 atom stereocenters. The third-order valence-corrected chi connectivity index (χ3v) is 2.96. The lowest BCUT2D eigenvalue weighted by molar-refractivity contribution is 0.346. The molecule has 1 aliphatic heterocycles. The van der Waals surface area contributed by atoms with Gasteiger partial charge in [0.1, 0.15) is 5.82 Å². The van der Waals surface area contributed by atoms with E-state index in [1.807, 2.05) is 7.05 Å². The van der Waals surface area contributed by atoms with E-state index in [0.29, 0.717) is 11.8 Å². The van der Waals surface area contributed by atoms with E-state index < -0.39 is 0 Å². The highest BCUT2D eigenvalue weighted by atomic mass is 15.3. The molecule has 16 heavy (non-hydrogen) atoms. The summed E-state index contributed by atoms with van der Waals surface area (Å²) < 4.78 is 0. The molecule has 1 saturated heterocycles. The largest absolute Gasteiger partial charge is 0.384 e. The van der Waals surface area contributed by atoms with Gasteiger partial charge in [0.05, 0.1) is 0 Å². The second-order valence-corrected chi connectivity index (χ2v) is 4.25. The van der Waals surface area contributed by atoms with Crippen LogP contribution in [0, 0.1) is 0 Å². The first kappa shape index (κ1) is 11.1. The molecule has 1 aromatic rings. The molecule has 0 unspecified atom stereocenters. The Morgan fingerprint density at radius 1 is 1.44 bits per heavy atom. The van der Waals surface area contributed by atoms with E-state index in [0.717, 1.165) is 13.1 Å². The number of nitrogens with zero attached hydrogens (tertiary/aromatic N) is 4. The molecule has 2 N–H and O–H groups in total. The van der Waals surface area contributed by atoms with Gasteiger partial charge in [0, 0.05) is 26.3 Å². The number of nitrogen functional groups attached to an aromatic ring is 1. The van der Waals surface area contributed by atoms with Crippen molar-refractivity contribution in [1.29, 1.82) is 0 Å². The number of hydrogen-bond acceptors (Lipinski definition) is 5. The van der Waals surface area contributed by atoms with E-state index >= 15 is 0 Å². The molecule has 88 valence electrons. The molecule has 0 spiro atoms. The van der Waals surface area contributed by atoms with Gasteiger partial charge < -0.3 is 15.5 Å². The van der Waals surface area contributed by atoms with Gasteiger partial charge in [0.15, 0.2) is 0 Å². The summed E-state index contributed by atoms with van der Waals surface area (Å²) in [6.45, 7) is 4.48. The predicted molar refractivity (Wildman–Crippen MR) is 65.4 cm³/mol. The Balaban J connectivity index is 1.85. The minimum atomic E-state index is 0.526. The normalized spacial score (nSPS) is 16.6. The molecule has 0 saturated carbocycles. The van der Waals surface area contributed by atoms with Gasteiger partial charge >= 0.3 is 0 Å². The van der Waals surface area contributed by atoms with Gasteiger partial charge in [-0.15, -0.1) is 0 Å². The van der Waals surface area contributed by atoms with Gasteiger partial charge in [-0.3, -0.25) is 0 Å². The molecule has 0 aromatic carbocycles. The predicted octanol–water partition coefficient (Wildman–Crippen LogP) is 0.591. The quantitative estimate of drug-likeness (QED) is 0.806. The molecule has 1 fully saturated rings. The minimum absolute atomic E-state index is 0.526. The summed E-state index contributed by atoms with van der Waals surface area (Å²) in [6, 6.07) is 1.71. The first-order valence-corrected chi connectivity index (χ1v) is 5.78. The Hall–Kier alpha value is -1.36. The number of likely N-dealkylation sites (N-methyl/N-ethyl adjacent to an activating group) is 1. The van der Waals surface area contributed by atoms with Crippen LogP contribution in [0.3, 0.4) is 0 Å². The lowest BCUT2D eigenvalue weighted by Gasteiger charge is -2.21. The Labute approximate surface area is 96.3 Å². The topological polar surface area (TPSA) is 58.3 Å². The van der Waals surface area contributed by atoms with Crippen LogP contribution in [-0.4, -0.2) is 48.1 Å². The zero-order valence-electron chi connectivity index (χ0n) is 9.76. The standard InChI is InChI=1S/C11H19N5/c1-15(8-9-16-6-2-3-7-16)11-13-5-4-10(12)14-11/h4-5H,2-3,6-9H2,1H3,(H2,12,13,14). The van der Waals surface area contributed by atoms with Crippen molar-refractivity contribution in [1.82, 2.24) is 14.9 Å². The van der Waals surface area contributed by atoms with Gasteiger partial charge in [-0.2, -0.15) is 4.98 Å². The number of rotatable bonds is 4. The van der Waals surface area contributed by atoms with Crippen LogP contribution < -0.4 is 10.6 Å². The second kappa shape index (κ2) is 5.12. The maximum atomic E-state index is 5.63. The van der Waals surface area contributed by atoms with Crippen molar-refractivity contribution in [2.45, 2.75) is 12.8 Å². The highest BCUT2D eigenvalue weighted by Gasteiger charge is 2.12. The zero-order valence-corrected chi connectivity index (χ0v) is 9.76. The highest BCUT2D eigenvalue weighted by Crippen LogP contribution is 2.09. The summed E-state index contributed by atoms with van der Waals surface area (Å²) in [5.41, 5.74) is 5.63. The smallest absolute Gasteiger partial charge is 0.227 e.